The van der Waals surface area contributed by atoms with Gasteiger partial charge in [-0.1, -0.05) is 6.07 Å². The number of carbonyl (C=O) groups excluding carboxylic acids is 2. The second-order valence-corrected chi connectivity index (χ2v) is 8.41. The highest BCUT2D eigenvalue weighted by Gasteiger charge is 2.26. The Kier molecular flexibility index (Phi) is 6.09. The van der Waals surface area contributed by atoms with Crippen LogP contribution in [-0.4, -0.2) is 47.1 Å². The number of nitro groups is 1. The van der Waals surface area contributed by atoms with Gasteiger partial charge in [0, 0.05) is 42.1 Å². The average Bonchev–Trinajstić information content (AvgIpc) is 3.59. The predicted molar refractivity (Wildman–Crippen MR) is 120 cm³/mol. The third kappa shape index (κ3) is 4.88. The van der Waals surface area contributed by atoms with E-state index >= 15 is 0 Å². The number of aliphatic hydroxyl groups is 1. The lowest BCUT2D eigenvalue weighted by Gasteiger charge is -2.31. The van der Waals surface area contributed by atoms with Crippen LogP contribution < -0.4 is 15.5 Å². The number of nitrogens with one attached hydrogen (secondary N) is 2. The van der Waals surface area contributed by atoms with E-state index in [1.165, 1.54) is 12.1 Å². The Labute approximate surface area is 185 Å². The summed E-state index contributed by atoms with van der Waals surface area (Å²) in [4.78, 5) is 38.4. The summed E-state index contributed by atoms with van der Waals surface area (Å²) in [6.07, 6.45) is 2.80. The van der Waals surface area contributed by atoms with Gasteiger partial charge in [-0.3, -0.25) is 19.7 Å². The molecule has 1 heterocycles. The molecule has 0 unspecified atom stereocenters. The van der Waals surface area contributed by atoms with Gasteiger partial charge in [0.15, 0.2) is 0 Å². The minimum absolute atomic E-state index is 0.0501. The molecule has 2 aliphatic rings. The van der Waals surface area contributed by atoms with E-state index in [9.17, 15) is 24.8 Å². The Morgan fingerprint density at radius 1 is 1.06 bits per heavy atom. The number of amides is 2. The molecule has 9 heteroatoms. The van der Waals surface area contributed by atoms with E-state index in [1.54, 1.807) is 31.2 Å². The van der Waals surface area contributed by atoms with Crippen LogP contribution in [0.15, 0.2) is 36.4 Å². The summed E-state index contributed by atoms with van der Waals surface area (Å²) in [7, 11) is 0. The maximum Gasteiger partial charge on any atom is 0.282 e. The highest BCUT2D eigenvalue weighted by molar-refractivity contribution is 6.08. The molecular formula is C23H26N4O5. The zero-order chi connectivity index (χ0) is 22.8. The van der Waals surface area contributed by atoms with Gasteiger partial charge in [0.1, 0.15) is 5.56 Å². The molecule has 4 rings (SSSR count). The van der Waals surface area contributed by atoms with E-state index in [0.717, 1.165) is 18.4 Å². The van der Waals surface area contributed by atoms with Gasteiger partial charge in [-0.05, 0) is 62.4 Å². The molecule has 0 aromatic heterocycles. The minimum Gasteiger partial charge on any atom is -0.393 e. The highest BCUT2D eigenvalue weighted by atomic mass is 16.6. The molecule has 2 aromatic carbocycles. The Balaban J connectivity index is 1.58. The smallest absolute Gasteiger partial charge is 0.282 e. The minimum atomic E-state index is -0.613. The number of aryl methyl sites for hydroxylation is 1. The standard InChI is InChI=1S/C23H26N4O5/c1-14-2-3-15(22(29)24-16-4-5-16)12-20(14)25-23(30)19-13-17(6-7-21(19)27(31)32)26-10-8-18(28)9-11-26/h2-3,6-7,12-13,16,18,28H,4-5,8-11H2,1H3,(H,24,29)(H,25,30). The van der Waals surface area contributed by atoms with Crippen molar-refractivity contribution in [1.29, 1.82) is 0 Å². The predicted octanol–water partition coefficient (Wildman–Crippen LogP) is 3.01. The first kappa shape index (κ1) is 21.8. The van der Waals surface area contributed by atoms with Crippen molar-refractivity contribution in [1.82, 2.24) is 5.32 Å². The number of nitrogens with zero attached hydrogens (tertiary/aromatic N) is 2. The third-order valence-corrected chi connectivity index (χ3v) is 5.91. The molecule has 1 aliphatic heterocycles. The van der Waals surface area contributed by atoms with Crippen LogP contribution in [0.25, 0.3) is 0 Å². The molecule has 168 valence electrons. The van der Waals surface area contributed by atoms with Crippen molar-refractivity contribution in [3.63, 3.8) is 0 Å². The summed E-state index contributed by atoms with van der Waals surface area (Å²) in [5.74, 6) is -0.818. The van der Waals surface area contributed by atoms with Crippen LogP contribution in [-0.2, 0) is 0 Å². The number of anilines is 2. The molecule has 2 amide bonds. The molecule has 0 radical (unpaired) electrons. The topological polar surface area (TPSA) is 125 Å². The number of hydrogen-bond donors (Lipinski definition) is 3. The second-order valence-electron chi connectivity index (χ2n) is 8.41. The van der Waals surface area contributed by atoms with Gasteiger partial charge >= 0.3 is 0 Å². The lowest BCUT2D eigenvalue weighted by Crippen LogP contribution is -2.35. The first-order valence-electron chi connectivity index (χ1n) is 10.8. The van der Waals surface area contributed by atoms with Crippen molar-refractivity contribution in [3.8, 4) is 0 Å². The second kappa shape index (κ2) is 8.96. The third-order valence-electron chi connectivity index (χ3n) is 5.91. The zero-order valence-corrected chi connectivity index (χ0v) is 17.8. The van der Waals surface area contributed by atoms with E-state index in [2.05, 4.69) is 10.6 Å². The molecule has 3 N–H and O–H groups in total. The van der Waals surface area contributed by atoms with Crippen LogP contribution in [0.1, 0.15) is 52.0 Å². The molecule has 2 aromatic rings. The molecule has 0 bridgehead atoms. The molecule has 1 aliphatic carbocycles. The molecular weight excluding hydrogens is 412 g/mol. The van der Waals surface area contributed by atoms with Crippen LogP contribution in [0.3, 0.4) is 0 Å². The number of nitro benzene ring substituents is 1. The average molecular weight is 438 g/mol. The maximum absolute atomic E-state index is 13.1. The van der Waals surface area contributed by atoms with Gasteiger partial charge in [0.2, 0.25) is 0 Å². The SMILES string of the molecule is Cc1ccc(C(=O)NC2CC2)cc1NC(=O)c1cc(N2CCC(O)CC2)ccc1[N+](=O)[O-]. The summed E-state index contributed by atoms with van der Waals surface area (Å²) >= 11 is 0. The molecule has 0 spiro atoms. The fourth-order valence-corrected chi connectivity index (χ4v) is 3.77. The molecule has 0 atom stereocenters. The fraction of sp³-hybridized carbons (Fsp3) is 0.391. The van der Waals surface area contributed by atoms with Crippen LogP contribution in [0.5, 0.6) is 0 Å². The molecule has 1 saturated heterocycles. The highest BCUT2D eigenvalue weighted by Crippen LogP contribution is 2.29. The number of rotatable bonds is 6. The van der Waals surface area contributed by atoms with Crippen LogP contribution >= 0.6 is 0 Å². The van der Waals surface area contributed by atoms with Crippen molar-refractivity contribution in [2.75, 3.05) is 23.3 Å². The van der Waals surface area contributed by atoms with Crippen molar-refractivity contribution in [3.05, 3.63) is 63.2 Å². The van der Waals surface area contributed by atoms with E-state index in [1.807, 2.05) is 4.90 Å². The van der Waals surface area contributed by atoms with Gasteiger partial charge < -0.3 is 20.6 Å². The largest absolute Gasteiger partial charge is 0.393 e. The zero-order valence-electron chi connectivity index (χ0n) is 17.8. The Morgan fingerprint density at radius 3 is 2.44 bits per heavy atom. The molecule has 2 fully saturated rings. The number of piperidine rings is 1. The van der Waals surface area contributed by atoms with Crippen LogP contribution in [0.4, 0.5) is 17.1 Å². The Morgan fingerprint density at radius 2 is 1.78 bits per heavy atom. The van der Waals surface area contributed by atoms with Crippen LogP contribution in [0.2, 0.25) is 0 Å². The van der Waals surface area contributed by atoms with E-state index in [-0.39, 0.29) is 29.3 Å². The van der Waals surface area contributed by atoms with E-state index < -0.39 is 10.8 Å². The number of aliphatic hydroxyl groups excluding tert-OH is 1. The molecule has 9 nitrogen and oxygen atoms in total. The number of carbonyl (C=O) groups is 2. The number of benzene rings is 2. The van der Waals surface area contributed by atoms with E-state index in [0.29, 0.717) is 42.9 Å². The summed E-state index contributed by atoms with van der Waals surface area (Å²) < 4.78 is 0. The summed E-state index contributed by atoms with van der Waals surface area (Å²) in [6.45, 7) is 3.01. The van der Waals surface area contributed by atoms with Crippen molar-refractivity contribution in [2.45, 2.75) is 44.8 Å². The lowest BCUT2D eigenvalue weighted by molar-refractivity contribution is -0.385. The van der Waals surface area contributed by atoms with Crippen molar-refractivity contribution < 1.29 is 19.6 Å². The van der Waals surface area contributed by atoms with Crippen LogP contribution in [0, 0.1) is 17.0 Å². The Hall–Kier alpha value is -3.46. The quantitative estimate of drug-likeness (QED) is 0.470. The number of hydrogen-bond acceptors (Lipinski definition) is 6. The summed E-state index contributed by atoms with van der Waals surface area (Å²) in [5, 5.41) is 26.9. The monoisotopic (exact) mass is 438 g/mol. The maximum atomic E-state index is 13.1. The molecule has 32 heavy (non-hydrogen) atoms. The molecule has 1 saturated carbocycles. The Bertz CT molecular complexity index is 1060. The van der Waals surface area contributed by atoms with Gasteiger partial charge in [0.05, 0.1) is 11.0 Å². The van der Waals surface area contributed by atoms with Gasteiger partial charge in [0.25, 0.3) is 17.5 Å². The van der Waals surface area contributed by atoms with Crippen molar-refractivity contribution in [2.24, 2.45) is 0 Å². The first-order valence-corrected chi connectivity index (χ1v) is 10.8. The first-order chi connectivity index (χ1) is 15.3. The summed E-state index contributed by atoms with van der Waals surface area (Å²) in [6, 6.07) is 9.71. The van der Waals surface area contributed by atoms with Gasteiger partial charge in [-0.15, -0.1) is 0 Å². The summed E-state index contributed by atoms with van der Waals surface area (Å²) in [5.41, 5.74) is 1.95. The van der Waals surface area contributed by atoms with Gasteiger partial charge in [-0.2, -0.15) is 0 Å². The van der Waals surface area contributed by atoms with Gasteiger partial charge in [-0.25, -0.2) is 0 Å². The normalized spacial score (nSPS) is 16.5. The van der Waals surface area contributed by atoms with E-state index in [4.69, 9.17) is 0 Å². The lowest BCUT2D eigenvalue weighted by atomic mass is 10.0. The van der Waals surface area contributed by atoms with Crippen molar-refractivity contribution >= 4 is 28.9 Å². The fourth-order valence-electron chi connectivity index (χ4n) is 3.77.